The summed E-state index contributed by atoms with van der Waals surface area (Å²) in [5.74, 6) is 0. The number of hydrogen-bond acceptors (Lipinski definition) is 4. The average Bonchev–Trinajstić information content (AvgIpc) is 2.85. The van der Waals surface area contributed by atoms with Crippen molar-refractivity contribution in [3.63, 3.8) is 0 Å². The van der Waals surface area contributed by atoms with Gasteiger partial charge < -0.3 is 5.73 Å². The van der Waals surface area contributed by atoms with Crippen molar-refractivity contribution >= 4 is 26.7 Å². The van der Waals surface area contributed by atoms with Gasteiger partial charge >= 0.3 is 0 Å². The van der Waals surface area contributed by atoms with E-state index >= 15 is 0 Å². The molecule has 1 aliphatic carbocycles. The first-order valence-corrected chi connectivity index (χ1v) is 8.47. The standard InChI is InChI=1S/C16H23N3S/c1-2-19(13-6-4-3-5-7-13)11-12-8-9-14-15(10-12)20-16(17)18-14/h8-10,13H,2-7,11H2,1H3,(H2,17,18). The number of nitrogen functional groups attached to an aromatic ring is 1. The van der Waals surface area contributed by atoms with Crippen molar-refractivity contribution in [2.45, 2.75) is 51.6 Å². The Morgan fingerprint density at radius 2 is 2.10 bits per heavy atom. The number of nitrogens with zero attached hydrogens (tertiary/aromatic N) is 2. The van der Waals surface area contributed by atoms with Crippen LogP contribution in [0.4, 0.5) is 5.13 Å². The van der Waals surface area contributed by atoms with Crippen molar-refractivity contribution in [2.75, 3.05) is 12.3 Å². The minimum absolute atomic E-state index is 0.664. The lowest BCUT2D eigenvalue weighted by atomic mass is 9.94. The van der Waals surface area contributed by atoms with Crippen LogP contribution in [0.3, 0.4) is 0 Å². The highest BCUT2D eigenvalue weighted by Crippen LogP contribution is 2.27. The number of anilines is 1. The zero-order valence-corrected chi connectivity index (χ0v) is 13.0. The Morgan fingerprint density at radius 1 is 1.30 bits per heavy atom. The molecular formula is C16H23N3S. The van der Waals surface area contributed by atoms with E-state index in [1.54, 1.807) is 11.3 Å². The Bertz CT molecular complexity index is 572. The monoisotopic (exact) mass is 289 g/mol. The second-order valence-corrected chi connectivity index (χ2v) is 6.77. The molecule has 3 nitrogen and oxygen atoms in total. The number of rotatable bonds is 4. The zero-order valence-electron chi connectivity index (χ0n) is 12.1. The van der Waals surface area contributed by atoms with Crippen molar-refractivity contribution in [1.82, 2.24) is 9.88 Å². The number of aromatic nitrogens is 1. The third kappa shape index (κ3) is 2.96. The van der Waals surface area contributed by atoms with Crippen LogP contribution >= 0.6 is 11.3 Å². The average molecular weight is 289 g/mol. The summed E-state index contributed by atoms with van der Waals surface area (Å²) in [6.45, 7) is 4.46. The topological polar surface area (TPSA) is 42.2 Å². The number of hydrogen-bond donors (Lipinski definition) is 1. The minimum Gasteiger partial charge on any atom is -0.375 e. The third-order valence-electron chi connectivity index (χ3n) is 4.35. The van der Waals surface area contributed by atoms with Gasteiger partial charge in [-0.25, -0.2) is 4.98 Å². The van der Waals surface area contributed by atoms with Crippen molar-refractivity contribution in [3.8, 4) is 0 Å². The molecule has 1 fully saturated rings. The molecule has 4 heteroatoms. The summed E-state index contributed by atoms with van der Waals surface area (Å²) < 4.78 is 1.21. The predicted molar refractivity (Wildman–Crippen MR) is 87.0 cm³/mol. The molecule has 2 aromatic rings. The van der Waals surface area contributed by atoms with Crippen LogP contribution in [0.15, 0.2) is 18.2 Å². The SMILES string of the molecule is CCN(Cc1ccc2nc(N)sc2c1)C1CCCCC1. The highest BCUT2D eigenvalue weighted by molar-refractivity contribution is 7.22. The highest BCUT2D eigenvalue weighted by Gasteiger charge is 2.20. The Labute approximate surface area is 124 Å². The van der Waals surface area contributed by atoms with E-state index in [0.717, 1.165) is 24.6 Å². The van der Waals surface area contributed by atoms with Crippen LogP contribution in [0, 0.1) is 0 Å². The quantitative estimate of drug-likeness (QED) is 0.924. The van der Waals surface area contributed by atoms with Gasteiger partial charge in [-0.05, 0) is 37.1 Å². The smallest absolute Gasteiger partial charge is 0.181 e. The van der Waals surface area contributed by atoms with Crippen LogP contribution in [-0.4, -0.2) is 22.5 Å². The zero-order chi connectivity index (χ0) is 13.9. The van der Waals surface area contributed by atoms with Crippen LogP contribution in [0.25, 0.3) is 10.2 Å². The molecular weight excluding hydrogens is 266 g/mol. The molecule has 108 valence electrons. The van der Waals surface area contributed by atoms with Gasteiger partial charge in [0.1, 0.15) is 0 Å². The van der Waals surface area contributed by atoms with Crippen molar-refractivity contribution in [2.24, 2.45) is 0 Å². The van der Waals surface area contributed by atoms with Crippen molar-refractivity contribution in [1.29, 1.82) is 0 Å². The molecule has 0 spiro atoms. The molecule has 0 unspecified atom stereocenters. The molecule has 0 amide bonds. The molecule has 0 saturated heterocycles. The molecule has 1 saturated carbocycles. The summed E-state index contributed by atoms with van der Waals surface area (Å²) >= 11 is 1.58. The molecule has 1 aliphatic rings. The normalized spacial score (nSPS) is 17.1. The second-order valence-electron chi connectivity index (χ2n) is 5.71. The fraction of sp³-hybridized carbons (Fsp3) is 0.562. The number of nitrogens with two attached hydrogens (primary N) is 1. The van der Waals surface area contributed by atoms with Gasteiger partial charge in [-0.3, -0.25) is 4.90 Å². The summed E-state index contributed by atoms with van der Waals surface area (Å²) in [5.41, 5.74) is 8.19. The van der Waals surface area contributed by atoms with E-state index in [0.29, 0.717) is 5.13 Å². The van der Waals surface area contributed by atoms with Crippen molar-refractivity contribution < 1.29 is 0 Å². The van der Waals surface area contributed by atoms with Crippen LogP contribution in [0.2, 0.25) is 0 Å². The molecule has 2 N–H and O–H groups in total. The molecule has 0 aliphatic heterocycles. The summed E-state index contributed by atoms with van der Waals surface area (Å²) in [6, 6.07) is 7.34. The number of fused-ring (bicyclic) bond motifs is 1. The molecule has 3 rings (SSSR count). The Kier molecular flexibility index (Phi) is 4.22. The van der Waals surface area contributed by atoms with Crippen LogP contribution < -0.4 is 5.73 Å². The fourth-order valence-corrected chi connectivity index (χ4v) is 4.06. The van der Waals surface area contributed by atoms with Gasteiger partial charge in [0.05, 0.1) is 10.2 Å². The Balaban J connectivity index is 1.75. The van der Waals surface area contributed by atoms with Gasteiger partial charge in [-0.1, -0.05) is 43.6 Å². The number of benzene rings is 1. The largest absolute Gasteiger partial charge is 0.375 e. The molecule has 1 heterocycles. The van der Waals surface area contributed by atoms with E-state index in [-0.39, 0.29) is 0 Å². The lowest BCUT2D eigenvalue weighted by molar-refractivity contribution is 0.156. The first-order chi connectivity index (χ1) is 9.76. The molecule has 0 atom stereocenters. The maximum Gasteiger partial charge on any atom is 0.181 e. The van der Waals surface area contributed by atoms with Gasteiger partial charge in [0.2, 0.25) is 0 Å². The minimum atomic E-state index is 0.664. The lowest BCUT2D eigenvalue weighted by Crippen LogP contribution is -2.36. The van der Waals surface area contributed by atoms with E-state index in [9.17, 15) is 0 Å². The van der Waals surface area contributed by atoms with Gasteiger partial charge in [-0.15, -0.1) is 0 Å². The van der Waals surface area contributed by atoms with Gasteiger partial charge in [0.25, 0.3) is 0 Å². The summed E-state index contributed by atoms with van der Waals surface area (Å²) in [7, 11) is 0. The lowest BCUT2D eigenvalue weighted by Gasteiger charge is -2.33. The number of thiazole rings is 1. The molecule has 0 bridgehead atoms. The third-order valence-corrected chi connectivity index (χ3v) is 5.20. The summed E-state index contributed by atoms with van der Waals surface area (Å²) in [5, 5.41) is 0.664. The van der Waals surface area contributed by atoms with Crippen LogP contribution in [0.1, 0.15) is 44.6 Å². The fourth-order valence-electron chi connectivity index (χ4n) is 3.26. The molecule has 1 aromatic carbocycles. The predicted octanol–water partition coefficient (Wildman–Crippen LogP) is 4.03. The maximum atomic E-state index is 5.78. The maximum absolute atomic E-state index is 5.78. The summed E-state index contributed by atoms with van der Waals surface area (Å²) in [6.07, 6.45) is 6.94. The van der Waals surface area contributed by atoms with Crippen molar-refractivity contribution in [3.05, 3.63) is 23.8 Å². The summed E-state index contributed by atoms with van der Waals surface area (Å²) in [4.78, 5) is 6.96. The van der Waals surface area contributed by atoms with Gasteiger partial charge in [-0.2, -0.15) is 0 Å². The van der Waals surface area contributed by atoms with Gasteiger partial charge in [0, 0.05) is 12.6 Å². The first-order valence-electron chi connectivity index (χ1n) is 7.65. The van der Waals surface area contributed by atoms with E-state index in [1.807, 2.05) is 0 Å². The van der Waals surface area contributed by atoms with E-state index < -0.39 is 0 Å². The Hall–Kier alpha value is -1.13. The molecule has 0 radical (unpaired) electrons. The van der Waals surface area contributed by atoms with Gasteiger partial charge in [0.15, 0.2) is 5.13 Å². The Morgan fingerprint density at radius 3 is 2.85 bits per heavy atom. The van der Waals surface area contributed by atoms with E-state index in [4.69, 9.17) is 5.73 Å². The first kappa shape index (κ1) is 13.8. The van der Waals surface area contributed by atoms with E-state index in [1.165, 1.54) is 42.4 Å². The van der Waals surface area contributed by atoms with Crippen LogP contribution in [0.5, 0.6) is 0 Å². The highest BCUT2D eigenvalue weighted by atomic mass is 32.1. The molecule has 1 aromatic heterocycles. The molecule has 20 heavy (non-hydrogen) atoms. The van der Waals surface area contributed by atoms with E-state index in [2.05, 4.69) is 35.0 Å². The van der Waals surface area contributed by atoms with Crippen LogP contribution in [-0.2, 0) is 6.54 Å². The second kappa shape index (κ2) is 6.10.